The van der Waals surface area contributed by atoms with Gasteiger partial charge in [-0.15, -0.1) is 0 Å². The first-order chi connectivity index (χ1) is 6.59. The van der Waals surface area contributed by atoms with Gasteiger partial charge in [-0.1, -0.05) is 6.07 Å². The van der Waals surface area contributed by atoms with Gasteiger partial charge in [0.2, 0.25) is 0 Å². The Morgan fingerprint density at radius 1 is 1.57 bits per heavy atom. The number of hydrogen-bond donors (Lipinski definition) is 2. The van der Waals surface area contributed by atoms with Crippen molar-refractivity contribution in [1.82, 2.24) is 0 Å². The summed E-state index contributed by atoms with van der Waals surface area (Å²) >= 11 is 0. The molecule has 0 aliphatic heterocycles. The number of nitrogens with two attached hydrogens (primary N) is 1. The van der Waals surface area contributed by atoms with Crippen LogP contribution >= 0.6 is 0 Å². The summed E-state index contributed by atoms with van der Waals surface area (Å²) in [7, 11) is 0. The van der Waals surface area contributed by atoms with Crippen molar-refractivity contribution >= 4 is 5.97 Å². The predicted octanol–water partition coefficient (Wildman–Crippen LogP) is 1.34. The molecule has 74 valence electrons. The molecular formula is C10H10FNO2. The number of carboxylic acids is 1. The zero-order valence-corrected chi connectivity index (χ0v) is 7.40. The maximum Gasteiger partial charge on any atom is 0.338 e. The van der Waals surface area contributed by atoms with E-state index in [1.54, 1.807) is 6.07 Å². The molecule has 4 heteroatoms. The van der Waals surface area contributed by atoms with Crippen LogP contribution in [0.1, 0.15) is 28.3 Å². The lowest BCUT2D eigenvalue weighted by molar-refractivity contribution is 0.0692. The number of rotatable bonds is 2. The normalized spacial score (nSPS) is 24.7. The average Bonchev–Trinajstić information content (AvgIpc) is 2.83. The number of carbonyl (C=O) groups is 1. The molecule has 1 aromatic rings. The van der Waals surface area contributed by atoms with E-state index in [9.17, 15) is 9.18 Å². The fourth-order valence-electron chi connectivity index (χ4n) is 1.54. The smallest absolute Gasteiger partial charge is 0.338 e. The van der Waals surface area contributed by atoms with Gasteiger partial charge in [-0.3, -0.25) is 0 Å². The van der Waals surface area contributed by atoms with Gasteiger partial charge in [0.05, 0.1) is 5.56 Å². The van der Waals surface area contributed by atoms with Crippen LogP contribution in [-0.4, -0.2) is 17.1 Å². The Labute approximate surface area is 80.3 Å². The zero-order chi connectivity index (χ0) is 10.3. The minimum absolute atomic E-state index is 0.0992. The quantitative estimate of drug-likeness (QED) is 0.748. The van der Waals surface area contributed by atoms with E-state index in [1.165, 1.54) is 12.1 Å². The van der Waals surface area contributed by atoms with E-state index in [4.69, 9.17) is 10.8 Å². The monoisotopic (exact) mass is 195 g/mol. The molecular weight excluding hydrogens is 185 g/mol. The molecule has 3 N–H and O–H groups in total. The molecule has 0 amide bonds. The van der Waals surface area contributed by atoms with Gasteiger partial charge in [-0.05, 0) is 24.1 Å². The summed E-state index contributed by atoms with van der Waals surface area (Å²) in [5.41, 5.74) is 6.16. The van der Waals surface area contributed by atoms with Gasteiger partial charge in [0.15, 0.2) is 0 Å². The number of hydrogen-bond acceptors (Lipinski definition) is 2. The third-order valence-corrected chi connectivity index (χ3v) is 2.49. The van der Waals surface area contributed by atoms with Crippen LogP contribution in [0.2, 0.25) is 0 Å². The van der Waals surface area contributed by atoms with Crippen molar-refractivity contribution < 1.29 is 14.3 Å². The Morgan fingerprint density at radius 3 is 2.71 bits per heavy atom. The molecule has 0 heterocycles. The number of carboxylic acid groups (broad SMARTS) is 1. The molecule has 1 aliphatic rings. The third-order valence-electron chi connectivity index (χ3n) is 2.49. The Bertz CT molecular complexity index is 392. The van der Waals surface area contributed by atoms with Gasteiger partial charge in [-0.25, -0.2) is 9.18 Å². The van der Waals surface area contributed by atoms with E-state index in [-0.39, 0.29) is 17.5 Å². The second-order valence-electron chi connectivity index (χ2n) is 3.55. The molecule has 0 radical (unpaired) electrons. The summed E-state index contributed by atoms with van der Waals surface area (Å²) < 4.78 is 13.0. The fraction of sp³-hybridized carbons (Fsp3) is 0.300. The number of benzene rings is 1. The first kappa shape index (κ1) is 9.15. The molecule has 0 spiro atoms. The maximum absolute atomic E-state index is 13.0. The van der Waals surface area contributed by atoms with Gasteiger partial charge in [-0.2, -0.15) is 0 Å². The van der Waals surface area contributed by atoms with Crippen LogP contribution in [0.3, 0.4) is 0 Å². The topological polar surface area (TPSA) is 63.3 Å². The molecule has 2 atom stereocenters. The second-order valence-corrected chi connectivity index (χ2v) is 3.55. The van der Waals surface area contributed by atoms with Crippen molar-refractivity contribution in [3.63, 3.8) is 0 Å². The van der Waals surface area contributed by atoms with Gasteiger partial charge in [0.25, 0.3) is 0 Å². The third kappa shape index (κ3) is 1.48. The van der Waals surface area contributed by atoms with Gasteiger partial charge in [0, 0.05) is 12.0 Å². The number of aromatic carboxylic acids is 1. The largest absolute Gasteiger partial charge is 0.478 e. The molecule has 3 nitrogen and oxygen atoms in total. The highest BCUT2D eigenvalue weighted by molar-refractivity contribution is 5.88. The van der Waals surface area contributed by atoms with Crippen LogP contribution < -0.4 is 5.73 Å². The van der Waals surface area contributed by atoms with E-state index >= 15 is 0 Å². The molecule has 1 aliphatic carbocycles. The van der Waals surface area contributed by atoms with E-state index in [1.807, 2.05) is 0 Å². The molecule has 1 aromatic carbocycles. The second kappa shape index (κ2) is 3.06. The molecule has 0 bridgehead atoms. The molecule has 0 saturated heterocycles. The summed E-state index contributed by atoms with van der Waals surface area (Å²) in [5.74, 6) is -1.73. The molecule has 0 unspecified atom stereocenters. The molecule has 0 aromatic heterocycles. The Balaban J connectivity index is 2.36. The fourth-order valence-corrected chi connectivity index (χ4v) is 1.54. The van der Waals surface area contributed by atoms with Crippen LogP contribution in [0.4, 0.5) is 4.39 Å². The Kier molecular flexibility index (Phi) is 2.00. The van der Waals surface area contributed by atoms with Crippen molar-refractivity contribution in [1.29, 1.82) is 0 Å². The van der Waals surface area contributed by atoms with Crippen molar-refractivity contribution in [2.45, 2.75) is 18.4 Å². The molecule has 1 saturated carbocycles. The number of halogens is 1. The minimum atomic E-state index is -1.24. The van der Waals surface area contributed by atoms with Crippen LogP contribution in [0, 0.1) is 5.82 Å². The van der Waals surface area contributed by atoms with Gasteiger partial charge < -0.3 is 10.8 Å². The van der Waals surface area contributed by atoms with Crippen LogP contribution in [0.5, 0.6) is 0 Å². The zero-order valence-electron chi connectivity index (χ0n) is 7.40. The SMILES string of the molecule is N[C@@H]1C[C@H]1c1ccc(F)c(C(=O)O)c1. The van der Waals surface area contributed by atoms with Crippen LogP contribution in [-0.2, 0) is 0 Å². The Hall–Kier alpha value is -1.42. The lowest BCUT2D eigenvalue weighted by Gasteiger charge is -2.01. The summed E-state index contributed by atoms with van der Waals surface area (Å²) in [6.07, 6.45) is 0.852. The highest BCUT2D eigenvalue weighted by atomic mass is 19.1. The van der Waals surface area contributed by atoms with Crippen molar-refractivity contribution in [2.24, 2.45) is 5.73 Å². The summed E-state index contributed by atoms with van der Waals surface area (Å²) in [6.45, 7) is 0. The van der Waals surface area contributed by atoms with Crippen LogP contribution in [0.15, 0.2) is 18.2 Å². The first-order valence-corrected chi connectivity index (χ1v) is 4.38. The lowest BCUT2D eigenvalue weighted by Crippen LogP contribution is -2.04. The molecule has 1 fully saturated rings. The standard InChI is InChI=1S/C10H10FNO2/c11-8-2-1-5(6-4-9(6)12)3-7(8)10(13)14/h1-3,6,9H,4,12H2,(H,13,14)/t6-,9+/m0/s1. The van der Waals surface area contributed by atoms with Crippen LogP contribution in [0.25, 0.3) is 0 Å². The molecule has 14 heavy (non-hydrogen) atoms. The summed E-state index contributed by atoms with van der Waals surface area (Å²) in [5, 5.41) is 8.69. The minimum Gasteiger partial charge on any atom is -0.478 e. The van der Waals surface area contributed by atoms with Gasteiger partial charge >= 0.3 is 5.97 Å². The van der Waals surface area contributed by atoms with Gasteiger partial charge in [0.1, 0.15) is 5.82 Å². The average molecular weight is 195 g/mol. The predicted molar refractivity (Wildman–Crippen MR) is 48.7 cm³/mol. The maximum atomic E-state index is 13.0. The highest BCUT2D eigenvalue weighted by Gasteiger charge is 2.35. The Morgan fingerprint density at radius 2 is 2.21 bits per heavy atom. The first-order valence-electron chi connectivity index (χ1n) is 4.38. The highest BCUT2D eigenvalue weighted by Crippen LogP contribution is 2.39. The summed E-state index contributed by atoms with van der Waals surface area (Å²) in [4.78, 5) is 10.6. The molecule has 2 rings (SSSR count). The summed E-state index contributed by atoms with van der Waals surface area (Å²) in [6, 6.07) is 4.25. The van der Waals surface area contributed by atoms with Crippen molar-refractivity contribution in [3.05, 3.63) is 35.1 Å². The van der Waals surface area contributed by atoms with Crippen molar-refractivity contribution in [2.75, 3.05) is 0 Å². The van der Waals surface area contributed by atoms with E-state index < -0.39 is 11.8 Å². The van der Waals surface area contributed by atoms with E-state index in [2.05, 4.69) is 0 Å². The lowest BCUT2D eigenvalue weighted by atomic mass is 10.1. The van der Waals surface area contributed by atoms with E-state index in [0.29, 0.717) is 0 Å². The van der Waals surface area contributed by atoms with Crippen molar-refractivity contribution in [3.8, 4) is 0 Å². The van der Waals surface area contributed by atoms with E-state index in [0.717, 1.165) is 12.0 Å².